The van der Waals surface area contributed by atoms with Crippen molar-refractivity contribution in [2.45, 2.75) is 12.3 Å². The van der Waals surface area contributed by atoms with E-state index in [1.807, 2.05) is 0 Å². The fourth-order valence-electron chi connectivity index (χ4n) is 3.02. The van der Waals surface area contributed by atoms with Crippen molar-refractivity contribution < 1.29 is 28.6 Å². The number of rotatable bonds is 3. The molecule has 0 aromatic heterocycles. The Kier molecular flexibility index (Phi) is 3.80. The number of hydrogen-bond acceptors (Lipinski definition) is 7. The fourth-order valence-corrected chi connectivity index (χ4v) is 3.02. The van der Waals surface area contributed by atoms with Crippen molar-refractivity contribution in [3.05, 3.63) is 23.3 Å². The van der Waals surface area contributed by atoms with Gasteiger partial charge in [-0.25, -0.2) is 9.59 Å². The van der Waals surface area contributed by atoms with Crippen LogP contribution in [0, 0.1) is 5.92 Å². The highest BCUT2D eigenvalue weighted by atomic mass is 16.6. The summed E-state index contributed by atoms with van der Waals surface area (Å²) in [5, 5.41) is 2.20. The van der Waals surface area contributed by atoms with Crippen LogP contribution in [0.5, 0.6) is 11.5 Å². The predicted octanol–water partition coefficient (Wildman–Crippen LogP) is -0.00210. The van der Waals surface area contributed by atoms with Crippen LogP contribution in [-0.4, -0.2) is 50.2 Å². The molecule has 0 radical (unpaired) electrons. The lowest BCUT2D eigenvalue weighted by atomic mass is 9.89. The standard InChI is InChI=1S/C15H17N3O6/c1-18-12(16)9(13(19)17-15(18)21)10-6-4-5-7(22-2)11(23-3)8(6)14(20)24-10/h4-5,9-10,12H,16H2,1-3H3,(H,17,19,21). The Bertz CT molecular complexity index is 734. The maximum atomic E-state index is 12.3. The summed E-state index contributed by atoms with van der Waals surface area (Å²) in [6.45, 7) is 0. The molecule has 2 aliphatic rings. The number of ether oxygens (including phenoxy) is 3. The highest BCUT2D eigenvalue weighted by molar-refractivity contribution is 6.01. The first-order chi connectivity index (χ1) is 11.4. The number of nitrogens with one attached hydrogen (secondary N) is 1. The van der Waals surface area contributed by atoms with Crippen molar-refractivity contribution in [2.24, 2.45) is 11.7 Å². The molecule has 9 heteroatoms. The Morgan fingerprint density at radius 2 is 1.92 bits per heavy atom. The lowest BCUT2D eigenvalue weighted by Crippen LogP contribution is -2.63. The van der Waals surface area contributed by atoms with E-state index >= 15 is 0 Å². The number of fused-ring (bicyclic) bond motifs is 1. The van der Waals surface area contributed by atoms with Gasteiger partial charge in [-0.05, 0) is 6.07 Å². The van der Waals surface area contributed by atoms with Crippen LogP contribution in [0.2, 0.25) is 0 Å². The molecule has 2 aliphatic heterocycles. The third kappa shape index (κ3) is 2.16. The topological polar surface area (TPSA) is 120 Å². The lowest BCUT2D eigenvalue weighted by molar-refractivity contribution is -0.132. The molecule has 1 aromatic carbocycles. The van der Waals surface area contributed by atoms with Gasteiger partial charge in [0.15, 0.2) is 11.5 Å². The third-order valence-corrected chi connectivity index (χ3v) is 4.32. The minimum atomic E-state index is -0.934. The van der Waals surface area contributed by atoms with E-state index in [2.05, 4.69) is 5.32 Å². The van der Waals surface area contributed by atoms with Gasteiger partial charge in [0, 0.05) is 12.6 Å². The largest absolute Gasteiger partial charge is 0.493 e. The Morgan fingerprint density at radius 3 is 2.54 bits per heavy atom. The number of nitrogens with zero attached hydrogens (tertiary/aromatic N) is 1. The average Bonchev–Trinajstić information content (AvgIpc) is 2.88. The average molecular weight is 335 g/mol. The van der Waals surface area contributed by atoms with E-state index in [9.17, 15) is 14.4 Å². The van der Waals surface area contributed by atoms with Crippen molar-refractivity contribution in [2.75, 3.05) is 21.3 Å². The Labute approximate surface area is 137 Å². The molecule has 2 heterocycles. The van der Waals surface area contributed by atoms with Gasteiger partial charge in [0.1, 0.15) is 17.6 Å². The van der Waals surface area contributed by atoms with Crippen molar-refractivity contribution in [1.29, 1.82) is 0 Å². The summed E-state index contributed by atoms with van der Waals surface area (Å²) in [6.07, 6.45) is -1.85. The molecule has 3 rings (SSSR count). The molecule has 3 N–H and O–H groups in total. The number of nitrogens with two attached hydrogens (primary N) is 1. The van der Waals surface area contributed by atoms with Gasteiger partial charge in [-0.15, -0.1) is 0 Å². The van der Waals surface area contributed by atoms with Crippen molar-refractivity contribution in [3.63, 3.8) is 0 Å². The van der Waals surface area contributed by atoms with E-state index in [0.717, 1.165) is 0 Å². The molecule has 0 aliphatic carbocycles. The summed E-state index contributed by atoms with van der Waals surface area (Å²) in [4.78, 5) is 37.4. The number of urea groups is 1. The van der Waals surface area contributed by atoms with Crippen LogP contribution in [0.15, 0.2) is 12.1 Å². The van der Waals surface area contributed by atoms with Crippen LogP contribution in [-0.2, 0) is 9.53 Å². The molecule has 1 saturated heterocycles. The molecule has 0 spiro atoms. The van der Waals surface area contributed by atoms with Crippen LogP contribution in [0.25, 0.3) is 0 Å². The predicted molar refractivity (Wildman–Crippen MR) is 80.5 cm³/mol. The maximum Gasteiger partial charge on any atom is 0.343 e. The molecule has 3 atom stereocenters. The molecule has 0 bridgehead atoms. The Balaban J connectivity index is 2.07. The molecule has 128 valence electrons. The van der Waals surface area contributed by atoms with E-state index < -0.39 is 36.1 Å². The van der Waals surface area contributed by atoms with Gasteiger partial charge in [0.2, 0.25) is 5.91 Å². The molecule has 1 aromatic rings. The molecular weight excluding hydrogens is 318 g/mol. The van der Waals surface area contributed by atoms with E-state index in [4.69, 9.17) is 19.9 Å². The van der Waals surface area contributed by atoms with Gasteiger partial charge in [0.05, 0.1) is 20.4 Å². The van der Waals surface area contributed by atoms with Crippen molar-refractivity contribution >= 4 is 17.9 Å². The number of hydrogen-bond donors (Lipinski definition) is 2. The third-order valence-electron chi connectivity index (χ3n) is 4.32. The van der Waals surface area contributed by atoms with E-state index in [1.54, 1.807) is 12.1 Å². The monoisotopic (exact) mass is 335 g/mol. The number of esters is 1. The van der Waals surface area contributed by atoms with Gasteiger partial charge >= 0.3 is 12.0 Å². The van der Waals surface area contributed by atoms with Gasteiger partial charge in [-0.1, -0.05) is 6.07 Å². The summed E-state index contributed by atoms with van der Waals surface area (Å²) < 4.78 is 15.8. The highest BCUT2D eigenvalue weighted by Gasteiger charge is 2.49. The summed E-state index contributed by atoms with van der Waals surface area (Å²) >= 11 is 0. The van der Waals surface area contributed by atoms with Crippen LogP contribution in [0.3, 0.4) is 0 Å². The van der Waals surface area contributed by atoms with Gasteiger partial charge < -0.3 is 24.8 Å². The normalized spacial score (nSPS) is 25.9. The van der Waals surface area contributed by atoms with Crippen LogP contribution in [0.4, 0.5) is 4.79 Å². The number of methoxy groups -OCH3 is 2. The summed E-state index contributed by atoms with van der Waals surface area (Å²) in [5.41, 5.74) is 6.67. The summed E-state index contributed by atoms with van der Waals surface area (Å²) in [7, 11) is 4.32. The molecule has 3 unspecified atom stereocenters. The second-order valence-electron chi connectivity index (χ2n) is 5.51. The molecule has 3 amide bonds. The minimum absolute atomic E-state index is 0.196. The smallest absolute Gasteiger partial charge is 0.343 e. The first-order valence-electron chi connectivity index (χ1n) is 7.19. The first-order valence-corrected chi connectivity index (χ1v) is 7.19. The SMILES string of the molecule is COc1ccc2c(c1OC)C(=O)OC2C1C(=O)NC(=O)N(C)C1N. The number of imide groups is 1. The molecule has 9 nitrogen and oxygen atoms in total. The second-order valence-corrected chi connectivity index (χ2v) is 5.51. The molecule has 1 fully saturated rings. The maximum absolute atomic E-state index is 12.3. The molecular formula is C15H17N3O6. The number of benzene rings is 1. The summed E-state index contributed by atoms with van der Waals surface area (Å²) in [5.74, 6) is -1.55. The van der Waals surface area contributed by atoms with Crippen LogP contribution >= 0.6 is 0 Å². The van der Waals surface area contributed by atoms with Crippen LogP contribution in [0.1, 0.15) is 22.0 Å². The number of amides is 3. The lowest BCUT2D eigenvalue weighted by Gasteiger charge is -2.37. The summed E-state index contributed by atoms with van der Waals surface area (Å²) in [6, 6.07) is 2.65. The van der Waals surface area contributed by atoms with Crippen LogP contribution < -0.4 is 20.5 Å². The molecule has 0 saturated carbocycles. The fraction of sp³-hybridized carbons (Fsp3) is 0.400. The number of cyclic esters (lactones) is 1. The number of carbonyl (C=O) groups excluding carboxylic acids is 3. The second kappa shape index (κ2) is 5.68. The van der Waals surface area contributed by atoms with Crippen molar-refractivity contribution in [1.82, 2.24) is 10.2 Å². The zero-order valence-electron chi connectivity index (χ0n) is 13.4. The Morgan fingerprint density at radius 1 is 1.21 bits per heavy atom. The zero-order valence-corrected chi connectivity index (χ0v) is 13.4. The highest BCUT2D eigenvalue weighted by Crippen LogP contribution is 2.45. The number of carbonyl (C=O) groups is 3. The Hall–Kier alpha value is -2.81. The first kappa shape index (κ1) is 16.1. The quantitative estimate of drug-likeness (QED) is 0.746. The molecule has 24 heavy (non-hydrogen) atoms. The van der Waals surface area contributed by atoms with E-state index in [0.29, 0.717) is 11.3 Å². The van der Waals surface area contributed by atoms with E-state index in [1.165, 1.54) is 26.2 Å². The van der Waals surface area contributed by atoms with E-state index in [-0.39, 0.29) is 11.3 Å². The zero-order chi connectivity index (χ0) is 17.6. The minimum Gasteiger partial charge on any atom is -0.493 e. The van der Waals surface area contributed by atoms with Crippen molar-refractivity contribution in [3.8, 4) is 11.5 Å². The van der Waals surface area contributed by atoms with Gasteiger partial charge in [-0.2, -0.15) is 0 Å². The van der Waals surface area contributed by atoms with Gasteiger partial charge in [-0.3, -0.25) is 10.1 Å². The van der Waals surface area contributed by atoms with Gasteiger partial charge in [0.25, 0.3) is 0 Å².